The Labute approximate surface area is 136 Å². The maximum absolute atomic E-state index is 12.5. The molecule has 0 aliphatic heterocycles. The summed E-state index contributed by atoms with van der Waals surface area (Å²) in [6, 6.07) is 11.7. The Morgan fingerprint density at radius 1 is 1.17 bits per heavy atom. The van der Waals surface area contributed by atoms with E-state index in [1.54, 1.807) is 42.5 Å². The van der Waals surface area contributed by atoms with Crippen LogP contribution in [-0.4, -0.2) is 18.0 Å². The Morgan fingerprint density at radius 3 is 2.61 bits per heavy atom. The van der Waals surface area contributed by atoms with Crippen molar-refractivity contribution in [3.63, 3.8) is 0 Å². The third-order valence-corrected chi connectivity index (χ3v) is 3.69. The van der Waals surface area contributed by atoms with Crippen LogP contribution in [0, 0.1) is 0 Å². The number of aromatic amines is 1. The Bertz CT molecular complexity index is 933. The van der Waals surface area contributed by atoms with Crippen molar-refractivity contribution in [3.05, 3.63) is 69.5 Å². The molecule has 0 saturated carbocycles. The van der Waals surface area contributed by atoms with E-state index in [9.17, 15) is 9.59 Å². The minimum atomic E-state index is -0.488. The van der Waals surface area contributed by atoms with Crippen LogP contribution >= 0.6 is 11.6 Å². The number of methoxy groups -OCH3 is 1. The molecule has 6 heteroatoms. The van der Waals surface area contributed by atoms with Crippen LogP contribution in [0.15, 0.2) is 53.5 Å². The van der Waals surface area contributed by atoms with Gasteiger partial charge in [0.15, 0.2) is 0 Å². The number of aromatic nitrogens is 1. The molecule has 0 bridgehead atoms. The molecule has 116 valence electrons. The highest BCUT2D eigenvalue weighted by atomic mass is 35.5. The first-order chi connectivity index (χ1) is 11.1. The predicted molar refractivity (Wildman–Crippen MR) is 90.5 cm³/mol. The number of benzene rings is 2. The number of amides is 1. The Balaban J connectivity index is 1.98. The van der Waals surface area contributed by atoms with Gasteiger partial charge in [0.25, 0.3) is 5.91 Å². The number of H-pyrrole nitrogens is 1. The number of rotatable bonds is 3. The molecule has 3 rings (SSSR count). The third kappa shape index (κ3) is 3.05. The lowest BCUT2D eigenvalue weighted by molar-refractivity contribution is 0.102. The van der Waals surface area contributed by atoms with Gasteiger partial charge in [0, 0.05) is 27.8 Å². The van der Waals surface area contributed by atoms with Gasteiger partial charge in [0.1, 0.15) is 11.3 Å². The highest BCUT2D eigenvalue weighted by Crippen LogP contribution is 2.17. The first kappa shape index (κ1) is 15.1. The number of fused-ring (bicyclic) bond motifs is 1. The van der Waals surface area contributed by atoms with E-state index < -0.39 is 5.91 Å². The first-order valence-electron chi connectivity index (χ1n) is 6.85. The molecular weight excluding hydrogens is 316 g/mol. The van der Waals surface area contributed by atoms with E-state index in [1.807, 2.05) is 0 Å². The minimum absolute atomic E-state index is 0.0284. The van der Waals surface area contributed by atoms with Crippen LogP contribution in [0.1, 0.15) is 10.4 Å². The number of hydrogen-bond donors (Lipinski definition) is 2. The molecule has 23 heavy (non-hydrogen) atoms. The van der Waals surface area contributed by atoms with Crippen LogP contribution in [0.25, 0.3) is 10.9 Å². The predicted octanol–water partition coefficient (Wildman–Crippen LogP) is 3.44. The van der Waals surface area contributed by atoms with Gasteiger partial charge in [0.2, 0.25) is 5.43 Å². The number of carbonyl (C=O) groups excluding carboxylic acids is 1. The summed E-state index contributed by atoms with van der Waals surface area (Å²) in [6.07, 6.45) is 1.41. The van der Waals surface area contributed by atoms with Gasteiger partial charge >= 0.3 is 0 Å². The summed E-state index contributed by atoms with van der Waals surface area (Å²) in [6.45, 7) is 0. The molecule has 0 atom stereocenters. The summed E-state index contributed by atoms with van der Waals surface area (Å²) >= 11 is 5.80. The van der Waals surface area contributed by atoms with Crippen molar-refractivity contribution < 1.29 is 9.53 Å². The van der Waals surface area contributed by atoms with Crippen LogP contribution in [0.2, 0.25) is 5.02 Å². The molecule has 5 nitrogen and oxygen atoms in total. The van der Waals surface area contributed by atoms with E-state index in [2.05, 4.69) is 10.3 Å². The lowest BCUT2D eigenvalue weighted by atomic mass is 10.1. The maximum Gasteiger partial charge on any atom is 0.261 e. The van der Waals surface area contributed by atoms with Crippen molar-refractivity contribution in [1.82, 2.24) is 4.98 Å². The van der Waals surface area contributed by atoms with Crippen LogP contribution in [0.4, 0.5) is 5.69 Å². The van der Waals surface area contributed by atoms with Crippen LogP contribution in [-0.2, 0) is 0 Å². The number of pyridine rings is 1. The lowest BCUT2D eigenvalue weighted by Gasteiger charge is -2.07. The molecule has 0 spiro atoms. The first-order valence-corrected chi connectivity index (χ1v) is 7.22. The molecule has 1 aromatic heterocycles. The fourth-order valence-electron chi connectivity index (χ4n) is 2.22. The van der Waals surface area contributed by atoms with E-state index in [-0.39, 0.29) is 11.0 Å². The van der Waals surface area contributed by atoms with Gasteiger partial charge in [-0.2, -0.15) is 0 Å². The van der Waals surface area contributed by atoms with Gasteiger partial charge < -0.3 is 15.0 Å². The summed E-state index contributed by atoms with van der Waals surface area (Å²) in [4.78, 5) is 27.8. The van der Waals surface area contributed by atoms with E-state index in [0.717, 1.165) is 0 Å². The fourth-order valence-corrected chi connectivity index (χ4v) is 2.35. The monoisotopic (exact) mass is 328 g/mol. The lowest BCUT2D eigenvalue weighted by Crippen LogP contribution is -2.21. The SMILES string of the molecule is COc1ccc2[nH]cc(C(=O)Nc3ccc(Cl)cc3)c(=O)c2c1. The molecule has 1 heterocycles. The summed E-state index contributed by atoms with van der Waals surface area (Å²) in [5.74, 6) is 0.0663. The standard InChI is InChI=1S/C17H13ClN2O3/c1-23-12-6-7-15-13(8-12)16(21)14(9-19-15)17(22)20-11-4-2-10(18)3-5-11/h2-9H,1H3,(H,19,21)(H,20,22). The molecule has 2 N–H and O–H groups in total. The van der Waals surface area contributed by atoms with Gasteiger partial charge in [-0.15, -0.1) is 0 Å². The van der Waals surface area contributed by atoms with Gasteiger partial charge in [0.05, 0.1) is 7.11 Å². The van der Waals surface area contributed by atoms with E-state index in [1.165, 1.54) is 13.3 Å². The van der Waals surface area contributed by atoms with E-state index in [4.69, 9.17) is 16.3 Å². The van der Waals surface area contributed by atoms with Crippen LogP contribution in [0.5, 0.6) is 5.75 Å². The molecule has 3 aromatic rings. The molecule has 0 unspecified atom stereocenters. The Hall–Kier alpha value is -2.79. The second kappa shape index (κ2) is 6.14. The van der Waals surface area contributed by atoms with Crippen LogP contribution < -0.4 is 15.5 Å². The summed E-state index contributed by atoms with van der Waals surface area (Å²) in [5, 5.41) is 3.64. The Kier molecular flexibility index (Phi) is 4.04. The molecule has 1 amide bonds. The van der Waals surface area contributed by atoms with Crippen molar-refractivity contribution in [3.8, 4) is 5.75 Å². The average Bonchev–Trinajstić information content (AvgIpc) is 2.57. The third-order valence-electron chi connectivity index (χ3n) is 3.43. The Morgan fingerprint density at radius 2 is 1.91 bits per heavy atom. The quantitative estimate of drug-likeness (QED) is 0.773. The number of anilines is 1. The molecule has 0 saturated heterocycles. The number of halogens is 1. The number of carbonyl (C=O) groups is 1. The summed E-state index contributed by atoms with van der Waals surface area (Å²) < 4.78 is 5.12. The topological polar surface area (TPSA) is 71.2 Å². The zero-order valence-corrected chi connectivity index (χ0v) is 13.0. The summed E-state index contributed by atoms with van der Waals surface area (Å²) in [7, 11) is 1.52. The number of nitrogens with one attached hydrogen (secondary N) is 2. The van der Waals surface area contributed by atoms with Gasteiger partial charge in [-0.25, -0.2) is 0 Å². The molecule has 2 aromatic carbocycles. The highest BCUT2D eigenvalue weighted by Gasteiger charge is 2.13. The molecule has 0 radical (unpaired) electrons. The minimum Gasteiger partial charge on any atom is -0.497 e. The molecule has 0 fully saturated rings. The van der Waals surface area contributed by atoms with Crippen molar-refractivity contribution in [2.75, 3.05) is 12.4 Å². The average molecular weight is 329 g/mol. The van der Waals surface area contributed by atoms with Gasteiger partial charge in [-0.05, 0) is 42.5 Å². The van der Waals surface area contributed by atoms with Crippen LogP contribution in [0.3, 0.4) is 0 Å². The van der Waals surface area contributed by atoms with E-state index >= 15 is 0 Å². The van der Waals surface area contributed by atoms with Gasteiger partial charge in [-0.3, -0.25) is 9.59 Å². The van der Waals surface area contributed by atoms with Crippen molar-refractivity contribution in [2.45, 2.75) is 0 Å². The van der Waals surface area contributed by atoms with Crippen molar-refractivity contribution in [1.29, 1.82) is 0 Å². The smallest absolute Gasteiger partial charge is 0.261 e. The van der Waals surface area contributed by atoms with Crippen molar-refractivity contribution >= 4 is 34.1 Å². The largest absolute Gasteiger partial charge is 0.497 e. The second-order valence-corrected chi connectivity index (χ2v) is 5.34. The molecule has 0 aliphatic rings. The maximum atomic E-state index is 12.5. The zero-order valence-electron chi connectivity index (χ0n) is 12.2. The normalized spacial score (nSPS) is 10.5. The summed E-state index contributed by atoms with van der Waals surface area (Å²) in [5.41, 5.74) is 0.869. The second-order valence-electron chi connectivity index (χ2n) is 4.90. The molecular formula is C17H13ClN2O3. The number of ether oxygens (including phenoxy) is 1. The highest BCUT2D eigenvalue weighted by molar-refractivity contribution is 6.30. The van der Waals surface area contributed by atoms with Gasteiger partial charge in [-0.1, -0.05) is 11.6 Å². The zero-order chi connectivity index (χ0) is 16.4. The van der Waals surface area contributed by atoms with E-state index in [0.29, 0.717) is 27.4 Å². The fraction of sp³-hybridized carbons (Fsp3) is 0.0588. The molecule has 0 aliphatic carbocycles. The van der Waals surface area contributed by atoms with Crippen molar-refractivity contribution in [2.24, 2.45) is 0 Å². The number of hydrogen-bond acceptors (Lipinski definition) is 3.